The predicted molar refractivity (Wildman–Crippen MR) is 62.3 cm³/mol. The molecular formula is C9H17F3N2O4S. The molecule has 0 aliphatic carbocycles. The van der Waals surface area contributed by atoms with Crippen LogP contribution in [0.1, 0.15) is 12.8 Å². The van der Waals surface area contributed by atoms with Gasteiger partial charge < -0.3 is 15.6 Å². The molecule has 1 unspecified atom stereocenters. The van der Waals surface area contributed by atoms with Crippen molar-refractivity contribution in [1.82, 2.24) is 0 Å². The number of aliphatic carboxylic acids is 1. The highest BCUT2D eigenvalue weighted by molar-refractivity contribution is 7.92. The van der Waals surface area contributed by atoms with Crippen LogP contribution in [0.3, 0.4) is 0 Å². The maximum absolute atomic E-state index is 12.3. The third kappa shape index (κ3) is 7.33. The average molecular weight is 306 g/mol. The summed E-state index contributed by atoms with van der Waals surface area (Å²) < 4.78 is 60.3. The van der Waals surface area contributed by atoms with Gasteiger partial charge in [-0.15, -0.1) is 0 Å². The van der Waals surface area contributed by atoms with Gasteiger partial charge in [0, 0.05) is 28.3 Å². The molecular weight excluding hydrogens is 289 g/mol. The molecule has 0 aromatic carbocycles. The van der Waals surface area contributed by atoms with Crippen LogP contribution in [-0.2, 0) is 19.3 Å². The minimum atomic E-state index is -4.58. The van der Waals surface area contributed by atoms with Crippen LogP contribution in [0.5, 0.6) is 0 Å². The first-order chi connectivity index (χ1) is 8.49. The molecule has 3 atom stereocenters. The van der Waals surface area contributed by atoms with Crippen molar-refractivity contribution < 1.29 is 32.0 Å². The Kier molecular flexibility index (Phi) is 6.73. The zero-order chi connectivity index (χ0) is 15.3. The largest absolute Gasteiger partial charge is 0.480 e. The molecule has 0 saturated carbocycles. The molecule has 0 spiro atoms. The Bertz CT molecular complexity index is 397. The summed E-state index contributed by atoms with van der Waals surface area (Å²) in [5, 5.41) is 8.49. The number of nitrogens with two attached hydrogens (primary N) is 1. The third-order valence-corrected chi connectivity index (χ3v) is 4.23. The van der Waals surface area contributed by atoms with Crippen LogP contribution in [0, 0.1) is 4.78 Å². The van der Waals surface area contributed by atoms with E-state index in [2.05, 4.69) is 4.74 Å². The molecule has 0 aromatic rings. The first kappa shape index (κ1) is 18.1. The second kappa shape index (κ2) is 7.06. The van der Waals surface area contributed by atoms with Gasteiger partial charge in [-0.3, -0.25) is 9.57 Å². The summed E-state index contributed by atoms with van der Waals surface area (Å²) in [4.78, 5) is 10.4. The molecule has 0 fully saturated rings. The average Bonchev–Trinajstić information content (AvgIpc) is 2.24. The summed E-state index contributed by atoms with van der Waals surface area (Å²) in [5.41, 5.74) is 5.16. The summed E-state index contributed by atoms with van der Waals surface area (Å²) in [7, 11) is -2.42. The fourth-order valence-electron chi connectivity index (χ4n) is 1.26. The van der Waals surface area contributed by atoms with Gasteiger partial charge in [-0.1, -0.05) is 0 Å². The second-order valence-electron chi connectivity index (χ2n) is 4.01. The molecule has 0 aromatic heterocycles. The molecule has 0 bridgehead atoms. The molecule has 0 radical (unpaired) electrons. The van der Waals surface area contributed by atoms with Gasteiger partial charge in [-0.2, -0.15) is 13.2 Å². The van der Waals surface area contributed by atoms with Crippen molar-refractivity contribution in [2.24, 2.45) is 5.73 Å². The lowest BCUT2D eigenvalue weighted by Gasteiger charge is -2.19. The highest BCUT2D eigenvalue weighted by Crippen LogP contribution is 2.25. The molecule has 0 heterocycles. The molecule has 0 rings (SSSR count). The number of hydrogen-bond acceptors (Lipinski definition) is 5. The normalized spacial score (nSPS) is 18.6. The van der Waals surface area contributed by atoms with Gasteiger partial charge in [0.1, 0.15) is 6.04 Å². The number of carboxylic acids is 1. The summed E-state index contributed by atoms with van der Waals surface area (Å²) in [5.74, 6) is -2.17. The van der Waals surface area contributed by atoms with Gasteiger partial charge >= 0.3 is 12.1 Å². The molecule has 0 saturated heterocycles. The minimum Gasteiger partial charge on any atom is -0.480 e. The standard InChI is InChI=1S/C9H17F3N2O4S/c1-18-7(9(10,11)12)3-5-19(14,17)4-2-6(13)8(15)16/h6-7,14H,2-5,13H2,1H3,(H,15,16)/t6-,7?,19+/m0/s1. The molecule has 19 heavy (non-hydrogen) atoms. The fourth-order valence-corrected chi connectivity index (χ4v) is 2.69. The number of carbonyl (C=O) groups is 1. The number of alkyl halides is 3. The van der Waals surface area contributed by atoms with E-state index in [1.54, 1.807) is 0 Å². The number of halogens is 3. The van der Waals surface area contributed by atoms with Crippen molar-refractivity contribution in [3.05, 3.63) is 0 Å². The van der Waals surface area contributed by atoms with Crippen molar-refractivity contribution in [2.75, 3.05) is 18.6 Å². The fraction of sp³-hybridized carbons (Fsp3) is 0.889. The van der Waals surface area contributed by atoms with Crippen LogP contribution in [0.2, 0.25) is 0 Å². The number of ether oxygens (including phenoxy) is 1. The number of nitrogens with one attached hydrogen (secondary N) is 1. The van der Waals surface area contributed by atoms with Crippen molar-refractivity contribution in [1.29, 1.82) is 4.78 Å². The summed E-state index contributed by atoms with van der Waals surface area (Å²) in [6.45, 7) is 0. The molecule has 0 amide bonds. The Labute approximate surface area is 109 Å². The number of methoxy groups -OCH3 is 1. The number of hydrogen-bond donors (Lipinski definition) is 3. The highest BCUT2D eigenvalue weighted by atomic mass is 32.2. The van der Waals surface area contributed by atoms with Crippen LogP contribution in [0.15, 0.2) is 0 Å². The van der Waals surface area contributed by atoms with Gasteiger partial charge in [-0.05, 0) is 12.8 Å². The van der Waals surface area contributed by atoms with Crippen molar-refractivity contribution in [3.63, 3.8) is 0 Å². The van der Waals surface area contributed by atoms with E-state index in [4.69, 9.17) is 15.6 Å². The van der Waals surface area contributed by atoms with E-state index in [0.29, 0.717) is 0 Å². The molecule has 0 aliphatic rings. The Morgan fingerprint density at radius 3 is 2.26 bits per heavy atom. The second-order valence-corrected chi connectivity index (χ2v) is 6.45. The summed E-state index contributed by atoms with van der Waals surface area (Å²) in [6.07, 6.45) is -7.49. The van der Waals surface area contributed by atoms with Gasteiger partial charge in [0.05, 0.1) is 0 Å². The quantitative estimate of drug-likeness (QED) is 0.614. The summed E-state index contributed by atoms with van der Waals surface area (Å²) >= 11 is 0. The molecule has 10 heteroatoms. The Balaban J connectivity index is 4.35. The summed E-state index contributed by atoms with van der Waals surface area (Å²) in [6, 6.07) is -1.27. The van der Waals surface area contributed by atoms with Crippen LogP contribution in [-0.4, -0.2) is 52.2 Å². The van der Waals surface area contributed by atoms with Gasteiger partial charge in [0.15, 0.2) is 6.10 Å². The van der Waals surface area contributed by atoms with Gasteiger partial charge in [0.2, 0.25) is 0 Å². The smallest absolute Gasteiger partial charge is 0.414 e. The zero-order valence-corrected chi connectivity index (χ0v) is 11.1. The lowest BCUT2D eigenvalue weighted by molar-refractivity contribution is -0.212. The van der Waals surface area contributed by atoms with E-state index in [1.165, 1.54) is 0 Å². The van der Waals surface area contributed by atoms with Crippen molar-refractivity contribution in [2.45, 2.75) is 31.2 Å². The highest BCUT2D eigenvalue weighted by Gasteiger charge is 2.40. The SMILES string of the molecule is COC(CC[S@](=N)(=O)CC[C@H](N)C(=O)O)C(F)(F)F. The molecule has 4 N–H and O–H groups in total. The molecule has 114 valence electrons. The Morgan fingerprint density at radius 2 is 1.89 bits per heavy atom. The maximum Gasteiger partial charge on any atom is 0.414 e. The monoisotopic (exact) mass is 306 g/mol. The third-order valence-electron chi connectivity index (χ3n) is 2.44. The van der Waals surface area contributed by atoms with Crippen molar-refractivity contribution >= 4 is 15.7 Å². The Morgan fingerprint density at radius 1 is 1.42 bits per heavy atom. The van der Waals surface area contributed by atoms with E-state index in [9.17, 15) is 22.2 Å². The molecule has 6 nitrogen and oxygen atoms in total. The van der Waals surface area contributed by atoms with Crippen molar-refractivity contribution in [3.8, 4) is 0 Å². The first-order valence-corrected chi connectivity index (χ1v) is 7.21. The zero-order valence-electron chi connectivity index (χ0n) is 10.3. The number of carboxylic acid groups (broad SMARTS) is 1. The van der Waals surface area contributed by atoms with E-state index in [0.717, 1.165) is 7.11 Å². The Hall–Kier alpha value is -0.870. The topological polar surface area (TPSA) is 113 Å². The minimum absolute atomic E-state index is 0.221. The molecule has 0 aliphatic heterocycles. The van der Waals surface area contributed by atoms with Gasteiger partial charge in [0.25, 0.3) is 0 Å². The van der Waals surface area contributed by atoms with E-state index in [1.807, 2.05) is 0 Å². The van der Waals surface area contributed by atoms with E-state index >= 15 is 0 Å². The predicted octanol–water partition coefficient (Wildman–Crippen LogP) is 0.803. The number of rotatable bonds is 8. The van der Waals surface area contributed by atoms with E-state index < -0.39 is 46.2 Å². The van der Waals surface area contributed by atoms with Crippen LogP contribution in [0.4, 0.5) is 13.2 Å². The first-order valence-electron chi connectivity index (χ1n) is 5.31. The lowest BCUT2D eigenvalue weighted by Crippen LogP contribution is -2.34. The van der Waals surface area contributed by atoms with Gasteiger partial charge in [-0.25, -0.2) is 4.21 Å². The lowest BCUT2D eigenvalue weighted by atomic mass is 10.2. The van der Waals surface area contributed by atoms with Crippen LogP contribution in [0.25, 0.3) is 0 Å². The van der Waals surface area contributed by atoms with E-state index in [-0.39, 0.29) is 12.2 Å². The van der Waals surface area contributed by atoms with Crippen LogP contribution < -0.4 is 5.73 Å². The van der Waals surface area contributed by atoms with Crippen LogP contribution >= 0.6 is 0 Å². The maximum atomic E-state index is 12.3.